The predicted molar refractivity (Wildman–Crippen MR) is 146 cm³/mol. The molecule has 3 aromatic heterocycles. The summed E-state index contributed by atoms with van der Waals surface area (Å²) >= 11 is 0. The molecule has 0 fully saturated rings. The third kappa shape index (κ3) is 6.56. The van der Waals surface area contributed by atoms with Gasteiger partial charge >= 0.3 is 0 Å². The summed E-state index contributed by atoms with van der Waals surface area (Å²) in [6.07, 6.45) is 10.6. The highest BCUT2D eigenvalue weighted by molar-refractivity contribution is 5.94. The molecule has 38 heavy (non-hydrogen) atoms. The molecule has 0 aliphatic heterocycles. The third-order valence-corrected chi connectivity index (χ3v) is 6.52. The first-order valence-electron chi connectivity index (χ1n) is 12.9. The number of nitrogens with zero attached hydrogens (tertiary/aromatic N) is 4. The van der Waals surface area contributed by atoms with Crippen LogP contribution in [0.3, 0.4) is 0 Å². The first kappa shape index (κ1) is 26.8. The van der Waals surface area contributed by atoms with E-state index in [2.05, 4.69) is 30.7 Å². The van der Waals surface area contributed by atoms with Crippen molar-refractivity contribution >= 4 is 22.6 Å². The predicted octanol–water partition coefficient (Wildman–Crippen LogP) is 4.58. The van der Waals surface area contributed by atoms with E-state index in [1.165, 1.54) is 0 Å². The van der Waals surface area contributed by atoms with E-state index in [-0.39, 0.29) is 23.9 Å². The van der Waals surface area contributed by atoms with Gasteiger partial charge < -0.3 is 20.4 Å². The second-order valence-electron chi connectivity index (χ2n) is 9.57. The van der Waals surface area contributed by atoms with Crippen LogP contribution in [-0.2, 0) is 4.79 Å². The molecule has 0 bridgehead atoms. The third-order valence-electron chi connectivity index (χ3n) is 6.52. The Morgan fingerprint density at radius 1 is 1.05 bits per heavy atom. The number of ether oxygens (including phenoxy) is 1. The number of methoxy groups -OCH3 is 1. The van der Waals surface area contributed by atoms with Gasteiger partial charge in [0.1, 0.15) is 5.82 Å². The highest BCUT2D eigenvalue weighted by Gasteiger charge is 2.20. The highest BCUT2D eigenvalue weighted by Crippen LogP contribution is 2.27. The molecule has 4 aromatic rings. The van der Waals surface area contributed by atoms with Crippen LogP contribution in [-0.4, -0.2) is 50.7 Å². The Balaban J connectivity index is 1.51. The minimum absolute atomic E-state index is 0.0386. The zero-order valence-corrected chi connectivity index (χ0v) is 22.3. The number of aromatic amines is 1. The van der Waals surface area contributed by atoms with Crippen molar-refractivity contribution in [3.63, 3.8) is 0 Å². The van der Waals surface area contributed by atoms with Gasteiger partial charge in [0.25, 0.3) is 5.91 Å². The van der Waals surface area contributed by atoms with Gasteiger partial charge in [-0.25, -0.2) is 9.97 Å². The van der Waals surface area contributed by atoms with Gasteiger partial charge in [0.2, 0.25) is 11.8 Å². The average molecular weight is 518 g/mol. The number of imidazole rings is 1. The molecule has 0 radical (unpaired) electrons. The largest absolute Gasteiger partial charge is 0.481 e. The van der Waals surface area contributed by atoms with Crippen LogP contribution in [0.2, 0.25) is 0 Å². The second kappa shape index (κ2) is 12.4. The molecular weight excluding hydrogens is 482 g/mol. The second-order valence-corrected chi connectivity index (χ2v) is 9.57. The molecule has 4 rings (SSSR count). The summed E-state index contributed by atoms with van der Waals surface area (Å²) in [6.45, 7) is 4.03. The number of nitrogens with one attached hydrogen (secondary N) is 3. The molecule has 10 heteroatoms. The van der Waals surface area contributed by atoms with Crippen LogP contribution in [0, 0.1) is 0 Å². The standard InChI is InChI=1S/C28H35N7O3/c1-18(2)35-17-22(15-32-35)28(37)34-23(8-6-5-7-9-25(36)29-3)27-31-16-24(33-27)20-11-10-19-13-26(38-4)30-14-21(19)12-20/h10-18,23H,5-9H2,1-4H3,(H,29,36)(H,31,33)(H,34,37). The Kier molecular flexibility index (Phi) is 8.73. The summed E-state index contributed by atoms with van der Waals surface area (Å²) in [7, 11) is 3.24. The minimum Gasteiger partial charge on any atom is -0.481 e. The molecule has 1 unspecified atom stereocenters. The molecule has 0 saturated carbocycles. The number of amides is 2. The van der Waals surface area contributed by atoms with Crippen LogP contribution in [0.25, 0.3) is 22.0 Å². The Bertz CT molecular complexity index is 1390. The van der Waals surface area contributed by atoms with Crippen molar-refractivity contribution in [1.29, 1.82) is 0 Å². The van der Waals surface area contributed by atoms with E-state index >= 15 is 0 Å². The van der Waals surface area contributed by atoms with Crippen molar-refractivity contribution in [2.24, 2.45) is 0 Å². The highest BCUT2D eigenvalue weighted by atomic mass is 16.5. The number of benzene rings is 1. The van der Waals surface area contributed by atoms with Gasteiger partial charge in [0, 0.05) is 48.9 Å². The van der Waals surface area contributed by atoms with Gasteiger partial charge in [-0.3, -0.25) is 14.3 Å². The summed E-state index contributed by atoms with van der Waals surface area (Å²) < 4.78 is 6.98. The number of rotatable bonds is 12. The van der Waals surface area contributed by atoms with E-state index in [9.17, 15) is 9.59 Å². The maximum Gasteiger partial charge on any atom is 0.255 e. The summed E-state index contributed by atoms with van der Waals surface area (Å²) in [6, 6.07) is 7.84. The van der Waals surface area contributed by atoms with Crippen molar-refractivity contribution in [2.45, 2.75) is 58.0 Å². The molecule has 0 aliphatic rings. The number of aromatic nitrogens is 5. The average Bonchev–Trinajstić information content (AvgIpc) is 3.62. The van der Waals surface area contributed by atoms with E-state index < -0.39 is 0 Å². The lowest BCUT2D eigenvalue weighted by Crippen LogP contribution is -2.29. The van der Waals surface area contributed by atoms with Crippen molar-refractivity contribution in [1.82, 2.24) is 35.4 Å². The van der Waals surface area contributed by atoms with E-state index in [1.807, 2.05) is 38.1 Å². The number of hydrogen-bond acceptors (Lipinski definition) is 6. The van der Waals surface area contributed by atoms with Crippen molar-refractivity contribution in [2.75, 3.05) is 14.2 Å². The molecule has 0 aliphatic carbocycles. The van der Waals surface area contributed by atoms with Crippen LogP contribution in [0.5, 0.6) is 5.88 Å². The zero-order valence-electron chi connectivity index (χ0n) is 22.3. The van der Waals surface area contributed by atoms with Crippen LogP contribution >= 0.6 is 0 Å². The Morgan fingerprint density at radius 3 is 2.63 bits per heavy atom. The van der Waals surface area contributed by atoms with Crippen LogP contribution in [0.4, 0.5) is 0 Å². The van der Waals surface area contributed by atoms with Crippen molar-refractivity contribution in [3.05, 3.63) is 60.4 Å². The Morgan fingerprint density at radius 2 is 1.89 bits per heavy atom. The number of H-pyrrole nitrogens is 1. The fourth-order valence-electron chi connectivity index (χ4n) is 4.25. The van der Waals surface area contributed by atoms with Gasteiger partial charge in [-0.15, -0.1) is 0 Å². The summed E-state index contributed by atoms with van der Waals surface area (Å²) in [5.41, 5.74) is 2.33. The lowest BCUT2D eigenvalue weighted by Gasteiger charge is -2.16. The van der Waals surface area contributed by atoms with E-state index in [1.54, 1.807) is 43.6 Å². The van der Waals surface area contributed by atoms with E-state index in [0.29, 0.717) is 30.1 Å². The van der Waals surface area contributed by atoms with Gasteiger partial charge in [-0.2, -0.15) is 5.10 Å². The lowest BCUT2D eigenvalue weighted by molar-refractivity contribution is -0.120. The van der Waals surface area contributed by atoms with Crippen molar-refractivity contribution < 1.29 is 14.3 Å². The molecule has 200 valence electrons. The normalized spacial score (nSPS) is 12.0. The first-order chi connectivity index (χ1) is 18.4. The molecule has 0 saturated heterocycles. The maximum atomic E-state index is 13.1. The van der Waals surface area contributed by atoms with E-state index in [0.717, 1.165) is 41.3 Å². The van der Waals surface area contributed by atoms with Crippen LogP contribution in [0.1, 0.15) is 74.2 Å². The number of carbonyl (C=O) groups is 2. The minimum atomic E-state index is -0.315. The number of pyridine rings is 1. The van der Waals surface area contributed by atoms with Crippen LogP contribution in [0.15, 0.2) is 49.1 Å². The molecule has 3 heterocycles. The first-order valence-corrected chi connectivity index (χ1v) is 12.9. The quantitative estimate of drug-likeness (QED) is 0.236. The number of fused-ring (bicyclic) bond motifs is 1. The summed E-state index contributed by atoms with van der Waals surface area (Å²) in [5, 5.41) is 12.1. The fourth-order valence-corrected chi connectivity index (χ4v) is 4.25. The molecule has 1 aromatic carbocycles. The van der Waals surface area contributed by atoms with Crippen molar-refractivity contribution in [3.8, 4) is 17.1 Å². The summed E-state index contributed by atoms with van der Waals surface area (Å²) in [4.78, 5) is 37.0. The topological polar surface area (TPSA) is 127 Å². The van der Waals surface area contributed by atoms with Gasteiger partial charge in [-0.05, 0) is 38.1 Å². The monoisotopic (exact) mass is 517 g/mol. The van der Waals surface area contributed by atoms with Gasteiger partial charge in [0.05, 0.1) is 36.8 Å². The molecule has 10 nitrogen and oxygen atoms in total. The Hall–Kier alpha value is -4.21. The SMILES string of the molecule is CNC(=O)CCCCCC(NC(=O)c1cnn(C(C)C)c1)c1ncc(-c2ccc3cc(OC)ncc3c2)[nH]1. The molecule has 2 amide bonds. The Labute approximate surface area is 222 Å². The molecular formula is C28H35N7O3. The fraction of sp³-hybridized carbons (Fsp3) is 0.393. The molecule has 0 spiro atoms. The maximum absolute atomic E-state index is 13.1. The lowest BCUT2D eigenvalue weighted by atomic mass is 10.1. The van der Waals surface area contributed by atoms with Gasteiger partial charge in [-0.1, -0.05) is 25.0 Å². The van der Waals surface area contributed by atoms with E-state index in [4.69, 9.17) is 4.74 Å². The summed E-state index contributed by atoms with van der Waals surface area (Å²) in [5.74, 6) is 1.10. The molecule has 1 atom stereocenters. The smallest absolute Gasteiger partial charge is 0.255 e. The number of carbonyl (C=O) groups excluding carboxylic acids is 2. The zero-order chi connectivity index (χ0) is 27.1. The van der Waals surface area contributed by atoms with Gasteiger partial charge in [0.15, 0.2) is 0 Å². The van der Waals surface area contributed by atoms with Crippen LogP contribution < -0.4 is 15.4 Å². The number of unbranched alkanes of at least 4 members (excludes halogenated alkanes) is 2. The number of hydrogen-bond donors (Lipinski definition) is 3. The molecule has 3 N–H and O–H groups in total.